The molecule has 8 aromatic rings. The van der Waals surface area contributed by atoms with Crippen LogP contribution in [0.15, 0.2) is 176 Å². The molecule has 55 heavy (non-hydrogen) atoms. The van der Waals surface area contributed by atoms with Gasteiger partial charge in [-0.1, -0.05) is 141 Å². The molecule has 0 bridgehead atoms. The molecule has 6 heteroatoms. The van der Waals surface area contributed by atoms with Crippen LogP contribution in [0.1, 0.15) is 59.6 Å². The van der Waals surface area contributed by atoms with Crippen LogP contribution < -0.4 is 0 Å². The third-order valence-corrected chi connectivity index (χ3v) is 11.2. The molecule has 0 saturated heterocycles. The highest BCUT2D eigenvalue weighted by Crippen LogP contribution is 2.54. The van der Waals surface area contributed by atoms with Crippen molar-refractivity contribution in [1.82, 2.24) is 4.98 Å². The molecule has 0 aliphatic heterocycles. The van der Waals surface area contributed by atoms with Crippen molar-refractivity contribution in [2.45, 2.75) is 31.6 Å². The maximum Gasteiger partial charge on any atom is 0.181 e. The van der Waals surface area contributed by atoms with E-state index in [0.717, 1.165) is 67.3 Å². The van der Waals surface area contributed by atoms with E-state index in [9.17, 15) is 0 Å². The van der Waals surface area contributed by atoms with Crippen molar-refractivity contribution in [1.29, 1.82) is 5.41 Å². The standard InChI is InChI=1S/C49H36N4O2/c1-49(2)40-25-33(20-21-37(40)39-26-42-44(27-41(39)49)54-29-52-42)36-23-22-35(45-38-18-9-10-19-43(38)55-46(36)45)32-16-11-17-34(24-32)48(51-28-30-12-5-3-6-13-30)53-47(50)31-14-7-4-8-15-31/h3-24,26-29,33,50H,25H2,1-2H3. The second-order valence-electron chi connectivity index (χ2n) is 14.8. The molecule has 6 nitrogen and oxygen atoms in total. The highest BCUT2D eigenvalue weighted by molar-refractivity contribution is 6.16. The number of benzene rings is 6. The fourth-order valence-corrected chi connectivity index (χ4v) is 8.39. The molecule has 10 rings (SSSR count). The molecule has 2 aliphatic rings. The molecule has 0 radical (unpaired) electrons. The number of nitrogens with zero attached hydrogens (tertiary/aromatic N) is 3. The monoisotopic (exact) mass is 712 g/mol. The molecule has 0 amide bonds. The summed E-state index contributed by atoms with van der Waals surface area (Å²) in [6, 6.07) is 44.9. The third kappa shape index (κ3) is 5.57. The van der Waals surface area contributed by atoms with Crippen LogP contribution in [0.2, 0.25) is 0 Å². The summed E-state index contributed by atoms with van der Waals surface area (Å²) in [5.74, 6) is 0.744. The van der Waals surface area contributed by atoms with E-state index in [2.05, 4.69) is 85.6 Å². The Balaban J connectivity index is 1.07. The van der Waals surface area contributed by atoms with Crippen LogP contribution >= 0.6 is 0 Å². The molecule has 0 fully saturated rings. The first kappa shape index (κ1) is 32.7. The zero-order valence-electron chi connectivity index (χ0n) is 30.5. The highest BCUT2D eigenvalue weighted by Gasteiger charge is 2.40. The fraction of sp³-hybridized carbons (Fsp3) is 0.102. The van der Waals surface area contributed by atoms with Crippen molar-refractivity contribution in [3.05, 3.63) is 191 Å². The molecule has 0 spiro atoms. The van der Waals surface area contributed by atoms with Gasteiger partial charge in [-0.05, 0) is 64.1 Å². The van der Waals surface area contributed by atoms with Crippen LogP contribution in [0.3, 0.4) is 0 Å². The summed E-state index contributed by atoms with van der Waals surface area (Å²) < 4.78 is 12.5. The lowest BCUT2D eigenvalue weighted by Crippen LogP contribution is -2.19. The van der Waals surface area contributed by atoms with Crippen molar-refractivity contribution in [2.75, 3.05) is 0 Å². The summed E-state index contributed by atoms with van der Waals surface area (Å²) in [5.41, 5.74) is 14.3. The second kappa shape index (κ2) is 12.9. The molecule has 6 aromatic carbocycles. The lowest BCUT2D eigenvalue weighted by molar-refractivity contribution is 0.580. The average Bonchev–Trinajstić information content (AvgIpc) is 3.92. The van der Waals surface area contributed by atoms with E-state index in [4.69, 9.17) is 24.2 Å². The highest BCUT2D eigenvalue weighted by atomic mass is 16.3. The first-order chi connectivity index (χ1) is 26.9. The van der Waals surface area contributed by atoms with E-state index < -0.39 is 0 Å². The molecule has 2 aromatic heterocycles. The summed E-state index contributed by atoms with van der Waals surface area (Å²) >= 11 is 0. The van der Waals surface area contributed by atoms with Crippen molar-refractivity contribution in [3.8, 4) is 11.1 Å². The Morgan fingerprint density at radius 1 is 0.800 bits per heavy atom. The smallest absolute Gasteiger partial charge is 0.181 e. The topological polar surface area (TPSA) is 87.7 Å². The lowest BCUT2D eigenvalue weighted by Gasteiger charge is -2.29. The zero-order chi connectivity index (χ0) is 37.1. The van der Waals surface area contributed by atoms with Gasteiger partial charge in [0.05, 0.1) is 0 Å². The van der Waals surface area contributed by atoms with Crippen LogP contribution in [0, 0.1) is 5.41 Å². The molecule has 1 N–H and O–H groups in total. The molecule has 2 heterocycles. The van der Waals surface area contributed by atoms with Crippen molar-refractivity contribution < 1.29 is 8.83 Å². The second-order valence-corrected chi connectivity index (χ2v) is 14.8. The van der Waals surface area contributed by atoms with Crippen molar-refractivity contribution in [2.24, 2.45) is 9.98 Å². The van der Waals surface area contributed by atoms with Gasteiger partial charge in [0.1, 0.15) is 16.7 Å². The van der Waals surface area contributed by atoms with Gasteiger partial charge in [0.15, 0.2) is 23.6 Å². The van der Waals surface area contributed by atoms with E-state index in [1.54, 1.807) is 6.21 Å². The number of hydrogen-bond acceptors (Lipinski definition) is 4. The van der Waals surface area contributed by atoms with E-state index in [1.807, 2.05) is 78.9 Å². The maximum absolute atomic E-state index is 8.85. The van der Waals surface area contributed by atoms with Crippen molar-refractivity contribution >= 4 is 56.5 Å². The Bertz CT molecular complexity index is 2940. The average molecular weight is 713 g/mol. The first-order valence-corrected chi connectivity index (χ1v) is 18.6. The minimum atomic E-state index is -0.152. The van der Waals surface area contributed by atoms with Crippen LogP contribution in [-0.4, -0.2) is 22.9 Å². The molecule has 1 unspecified atom stereocenters. The van der Waals surface area contributed by atoms with Gasteiger partial charge in [-0.25, -0.2) is 15.0 Å². The van der Waals surface area contributed by atoms with E-state index in [0.29, 0.717) is 5.84 Å². The Hall–Kier alpha value is -6.92. The van der Waals surface area contributed by atoms with Gasteiger partial charge >= 0.3 is 0 Å². The predicted octanol–water partition coefficient (Wildman–Crippen LogP) is 12.1. The number of furan rings is 1. The normalized spacial score (nSPS) is 16.4. The summed E-state index contributed by atoms with van der Waals surface area (Å²) in [4.78, 5) is 14.1. The van der Waals surface area contributed by atoms with Gasteiger partial charge in [-0.15, -0.1) is 0 Å². The third-order valence-electron chi connectivity index (χ3n) is 11.2. The molecule has 2 aliphatic carbocycles. The predicted molar refractivity (Wildman–Crippen MR) is 223 cm³/mol. The Morgan fingerprint density at radius 2 is 1.58 bits per heavy atom. The fourth-order valence-electron chi connectivity index (χ4n) is 8.39. The quantitative estimate of drug-likeness (QED) is 0.142. The van der Waals surface area contributed by atoms with Gasteiger partial charge in [-0.3, -0.25) is 5.41 Å². The first-order valence-electron chi connectivity index (χ1n) is 18.6. The molecule has 1 atom stereocenters. The minimum Gasteiger partial charge on any atom is -0.456 e. The number of aromatic nitrogens is 1. The number of nitrogens with one attached hydrogen (secondary N) is 1. The molecule has 0 saturated carbocycles. The van der Waals surface area contributed by atoms with Crippen molar-refractivity contribution in [3.63, 3.8) is 0 Å². The Kier molecular flexibility index (Phi) is 7.66. The lowest BCUT2D eigenvalue weighted by atomic mass is 9.74. The van der Waals surface area contributed by atoms with Gasteiger partial charge in [0.25, 0.3) is 0 Å². The molecular formula is C49H36N4O2. The summed E-state index contributed by atoms with van der Waals surface area (Å²) in [5, 5.41) is 11.0. The van der Waals surface area contributed by atoms with Gasteiger partial charge in [0, 0.05) is 45.0 Å². The molecule has 264 valence electrons. The maximum atomic E-state index is 8.85. The number of allylic oxidation sites excluding steroid dienone is 4. The van der Waals surface area contributed by atoms with Gasteiger partial charge in [-0.2, -0.15) is 0 Å². The number of aliphatic imine (C=N–C) groups is 2. The minimum absolute atomic E-state index is 0.131. The molecular weight excluding hydrogens is 677 g/mol. The number of para-hydroxylation sites is 1. The van der Waals surface area contributed by atoms with Crippen LogP contribution in [0.4, 0.5) is 0 Å². The van der Waals surface area contributed by atoms with Gasteiger partial charge < -0.3 is 8.83 Å². The number of rotatable bonds is 5. The summed E-state index contributed by atoms with van der Waals surface area (Å²) in [6.07, 6.45) is 8.86. The van der Waals surface area contributed by atoms with Crippen LogP contribution in [-0.2, 0) is 5.41 Å². The van der Waals surface area contributed by atoms with Gasteiger partial charge in [0.2, 0.25) is 0 Å². The SMILES string of the molecule is CC1(C)C2=C(C=CC(c3ccc(-c4cccc(C(N=Cc5ccccc5)=NC(=N)c5ccccc5)c4)c4c3oc3ccccc34)C2)c2cc3ncoc3cc21. The number of hydrogen-bond donors (Lipinski definition) is 1. The summed E-state index contributed by atoms with van der Waals surface area (Å²) in [6.45, 7) is 4.64. The van der Waals surface area contributed by atoms with E-state index in [-0.39, 0.29) is 17.2 Å². The largest absolute Gasteiger partial charge is 0.456 e. The Labute approximate surface area is 318 Å². The number of amidine groups is 2. The van der Waals surface area contributed by atoms with Crippen LogP contribution in [0.5, 0.6) is 0 Å². The Morgan fingerprint density at radius 3 is 2.44 bits per heavy atom. The number of fused-ring (bicyclic) bond motifs is 6. The van der Waals surface area contributed by atoms with E-state index in [1.165, 1.54) is 34.2 Å². The zero-order valence-corrected chi connectivity index (χ0v) is 30.5. The van der Waals surface area contributed by atoms with Crippen LogP contribution in [0.25, 0.3) is 49.7 Å². The summed E-state index contributed by atoms with van der Waals surface area (Å²) in [7, 11) is 0. The van der Waals surface area contributed by atoms with E-state index >= 15 is 0 Å². The number of oxazole rings is 1.